The standard InChI is InChI=1S/C17H25FN2O/c1-3-5-6-7-16(4-2)19-13-17(21)20-12-14-8-10-15(18)11-9-14/h4,6-11,17,19-21H,3,5,12-13H2,1-2H3/b7-6-,16-4+. The number of benzene rings is 1. The average Bonchev–Trinajstić information content (AvgIpc) is 2.50. The Hall–Kier alpha value is -1.65. The number of halogens is 1. The lowest BCUT2D eigenvalue weighted by Crippen LogP contribution is -2.37. The second-order valence-electron chi connectivity index (χ2n) is 4.84. The van der Waals surface area contributed by atoms with Gasteiger partial charge in [0.1, 0.15) is 12.0 Å². The molecule has 1 unspecified atom stereocenters. The first-order valence-corrected chi connectivity index (χ1v) is 7.38. The number of aliphatic hydroxyl groups excluding tert-OH is 1. The molecule has 0 aromatic heterocycles. The smallest absolute Gasteiger partial charge is 0.123 e. The minimum absolute atomic E-state index is 0.252. The summed E-state index contributed by atoms with van der Waals surface area (Å²) in [5.41, 5.74) is 1.93. The maximum atomic E-state index is 12.8. The molecular weight excluding hydrogens is 267 g/mol. The maximum absolute atomic E-state index is 12.8. The first-order chi connectivity index (χ1) is 10.2. The number of hydrogen-bond acceptors (Lipinski definition) is 3. The number of rotatable bonds is 9. The summed E-state index contributed by atoms with van der Waals surface area (Å²) in [7, 11) is 0. The van der Waals surface area contributed by atoms with E-state index in [0.29, 0.717) is 13.1 Å². The molecule has 3 N–H and O–H groups in total. The van der Waals surface area contributed by atoms with Gasteiger partial charge < -0.3 is 10.4 Å². The van der Waals surface area contributed by atoms with Crippen molar-refractivity contribution in [2.45, 2.75) is 39.5 Å². The summed E-state index contributed by atoms with van der Waals surface area (Å²) >= 11 is 0. The molecule has 0 fully saturated rings. The molecule has 1 aromatic carbocycles. The van der Waals surface area contributed by atoms with Crippen LogP contribution in [-0.2, 0) is 6.54 Å². The summed E-state index contributed by atoms with van der Waals surface area (Å²) in [6.07, 6.45) is 7.61. The number of hydrogen-bond donors (Lipinski definition) is 3. The van der Waals surface area contributed by atoms with Crippen molar-refractivity contribution in [3.05, 3.63) is 59.6 Å². The zero-order valence-electron chi connectivity index (χ0n) is 12.8. The van der Waals surface area contributed by atoms with Gasteiger partial charge in [0.15, 0.2) is 0 Å². The van der Waals surface area contributed by atoms with E-state index in [0.717, 1.165) is 24.1 Å². The Bertz CT molecular complexity index is 454. The van der Waals surface area contributed by atoms with Gasteiger partial charge in [0.2, 0.25) is 0 Å². The molecule has 0 saturated carbocycles. The Labute approximate surface area is 126 Å². The van der Waals surface area contributed by atoms with Crippen LogP contribution >= 0.6 is 0 Å². The molecule has 4 heteroatoms. The highest BCUT2D eigenvalue weighted by molar-refractivity contribution is 5.17. The summed E-state index contributed by atoms with van der Waals surface area (Å²) in [4.78, 5) is 0. The molecule has 1 atom stereocenters. The highest BCUT2D eigenvalue weighted by atomic mass is 19.1. The number of allylic oxidation sites excluding steroid dienone is 3. The highest BCUT2D eigenvalue weighted by Crippen LogP contribution is 2.02. The zero-order chi connectivity index (χ0) is 15.5. The minimum atomic E-state index is -0.662. The topological polar surface area (TPSA) is 44.3 Å². The van der Waals surface area contributed by atoms with Crippen LogP contribution in [0.5, 0.6) is 0 Å². The van der Waals surface area contributed by atoms with Crippen LogP contribution in [-0.4, -0.2) is 17.9 Å². The third kappa shape index (κ3) is 7.63. The SMILES string of the molecule is C/C=C(\C=C/CCC)NCC(O)NCc1ccc(F)cc1. The van der Waals surface area contributed by atoms with Crippen LogP contribution < -0.4 is 10.6 Å². The van der Waals surface area contributed by atoms with Crippen LogP contribution in [0, 0.1) is 5.82 Å². The Morgan fingerprint density at radius 2 is 2.05 bits per heavy atom. The molecular formula is C17H25FN2O. The Balaban J connectivity index is 2.29. The summed E-state index contributed by atoms with van der Waals surface area (Å²) < 4.78 is 12.8. The van der Waals surface area contributed by atoms with Crippen molar-refractivity contribution < 1.29 is 9.50 Å². The van der Waals surface area contributed by atoms with Crippen molar-refractivity contribution >= 4 is 0 Å². The summed E-state index contributed by atoms with van der Waals surface area (Å²) in [5.74, 6) is -0.252. The van der Waals surface area contributed by atoms with E-state index in [1.54, 1.807) is 12.1 Å². The molecule has 0 aliphatic carbocycles. The van der Waals surface area contributed by atoms with E-state index in [4.69, 9.17) is 0 Å². The van der Waals surface area contributed by atoms with Crippen molar-refractivity contribution in [2.24, 2.45) is 0 Å². The predicted octanol–water partition coefficient (Wildman–Crippen LogP) is 3.08. The van der Waals surface area contributed by atoms with Crippen molar-refractivity contribution in [2.75, 3.05) is 6.54 Å². The Morgan fingerprint density at radius 3 is 2.67 bits per heavy atom. The molecule has 0 heterocycles. The van der Waals surface area contributed by atoms with Crippen LogP contribution in [0.25, 0.3) is 0 Å². The van der Waals surface area contributed by atoms with Crippen LogP contribution in [0.4, 0.5) is 4.39 Å². The largest absolute Gasteiger partial charge is 0.381 e. The summed E-state index contributed by atoms with van der Waals surface area (Å²) in [6.45, 7) is 5.00. The van der Waals surface area contributed by atoms with E-state index in [9.17, 15) is 9.50 Å². The summed E-state index contributed by atoms with van der Waals surface area (Å²) in [6, 6.07) is 6.23. The first kappa shape index (κ1) is 17.4. The normalized spacial score (nSPS) is 13.6. The zero-order valence-corrected chi connectivity index (χ0v) is 12.8. The van der Waals surface area contributed by atoms with Gasteiger partial charge in [0, 0.05) is 12.2 Å². The Kier molecular flexibility index (Phi) is 8.40. The highest BCUT2D eigenvalue weighted by Gasteiger charge is 2.03. The molecule has 0 aliphatic heterocycles. The van der Waals surface area contributed by atoms with Gasteiger partial charge >= 0.3 is 0 Å². The van der Waals surface area contributed by atoms with E-state index in [2.05, 4.69) is 23.6 Å². The van der Waals surface area contributed by atoms with E-state index in [1.807, 2.05) is 19.1 Å². The van der Waals surface area contributed by atoms with Crippen molar-refractivity contribution in [1.29, 1.82) is 0 Å². The number of aliphatic hydroxyl groups is 1. The van der Waals surface area contributed by atoms with E-state index in [1.165, 1.54) is 12.1 Å². The van der Waals surface area contributed by atoms with Crippen molar-refractivity contribution in [3.8, 4) is 0 Å². The maximum Gasteiger partial charge on any atom is 0.123 e. The number of unbranched alkanes of at least 4 members (excludes halogenated alkanes) is 1. The molecule has 0 spiro atoms. The lowest BCUT2D eigenvalue weighted by atomic mass is 10.2. The van der Waals surface area contributed by atoms with Crippen molar-refractivity contribution in [3.63, 3.8) is 0 Å². The molecule has 116 valence electrons. The average molecular weight is 292 g/mol. The van der Waals surface area contributed by atoms with Gasteiger partial charge in [-0.1, -0.05) is 37.6 Å². The van der Waals surface area contributed by atoms with Crippen LogP contribution in [0.3, 0.4) is 0 Å². The fraction of sp³-hybridized carbons (Fsp3) is 0.412. The van der Waals surface area contributed by atoms with Gasteiger partial charge in [-0.2, -0.15) is 0 Å². The van der Waals surface area contributed by atoms with Gasteiger partial charge in [-0.15, -0.1) is 0 Å². The fourth-order valence-electron chi connectivity index (χ4n) is 1.76. The first-order valence-electron chi connectivity index (χ1n) is 7.38. The molecule has 0 bridgehead atoms. The molecule has 0 amide bonds. The van der Waals surface area contributed by atoms with Crippen LogP contribution in [0.2, 0.25) is 0 Å². The predicted molar refractivity (Wildman–Crippen MR) is 85.1 cm³/mol. The van der Waals surface area contributed by atoms with Gasteiger partial charge in [0.05, 0.1) is 6.54 Å². The minimum Gasteiger partial charge on any atom is -0.381 e. The molecule has 0 radical (unpaired) electrons. The molecule has 0 saturated heterocycles. The second-order valence-corrected chi connectivity index (χ2v) is 4.84. The molecule has 1 rings (SSSR count). The lowest BCUT2D eigenvalue weighted by Gasteiger charge is -2.15. The van der Waals surface area contributed by atoms with Gasteiger partial charge in [-0.05, 0) is 37.1 Å². The van der Waals surface area contributed by atoms with Gasteiger partial charge in [0.25, 0.3) is 0 Å². The molecule has 1 aromatic rings. The molecule has 0 aliphatic rings. The third-order valence-corrected chi connectivity index (χ3v) is 3.02. The van der Waals surface area contributed by atoms with E-state index < -0.39 is 6.23 Å². The molecule has 21 heavy (non-hydrogen) atoms. The van der Waals surface area contributed by atoms with E-state index >= 15 is 0 Å². The quantitative estimate of drug-likeness (QED) is 0.484. The monoisotopic (exact) mass is 292 g/mol. The molecule has 3 nitrogen and oxygen atoms in total. The van der Waals surface area contributed by atoms with Gasteiger partial charge in [-0.3, -0.25) is 5.32 Å². The third-order valence-electron chi connectivity index (χ3n) is 3.02. The van der Waals surface area contributed by atoms with E-state index in [-0.39, 0.29) is 5.82 Å². The lowest BCUT2D eigenvalue weighted by molar-refractivity contribution is 0.136. The fourth-order valence-corrected chi connectivity index (χ4v) is 1.76. The van der Waals surface area contributed by atoms with Crippen LogP contribution in [0.15, 0.2) is 48.2 Å². The van der Waals surface area contributed by atoms with Crippen molar-refractivity contribution in [1.82, 2.24) is 10.6 Å². The van der Waals surface area contributed by atoms with Gasteiger partial charge in [-0.25, -0.2) is 4.39 Å². The number of nitrogens with one attached hydrogen (secondary N) is 2. The van der Waals surface area contributed by atoms with Crippen LogP contribution in [0.1, 0.15) is 32.3 Å². The second kappa shape index (κ2) is 10.1. The Morgan fingerprint density at radius 1 is 1.33 bits per heavy atom. The summed E-state index contributed by atoms with van der Waals surface area (Å²) in [5, 5.41) is 16.0.